The van der Waals surface area contributed by atoms with E-state index < -0.39 is 17.6 Å². The Balaban J connectivity index is 1.40. The van der Waals surface area contributed by atoms with Gasteiger partial charge in [0.2, 0.25) is 5.91 Å². The number of ether oxygens (including phenoxy) is 2. The van der Waals surface area contributed by atoms with Crippen molar-refractivity contribution in [2.75, 3.05) is 33.8 Å². The Labute approximate surface area is 226 Å². The van der Waals surface area contributed by atoms with Gasteiger partial charge in [-0.3, -0.25) is 9.59 Å². The Bertz CT molecular complexity index is 1310. The van der Waals surface area contributed by atoms with E-state index in [0.717, 1.165) is 49.2 Å². The van der Waals surface area contributed by atoms with E-state index in [9.17, 15) is 23.5 Å². The van der Waals surface area contributed by atoms with Gasteiger partial charge in [0, 0.05) is 24.1 Å². The highest BCUT2D eigenvalue weighted by Gasteiger charge is 2.28. The van der Waals surface area contributed by atoms with Gasteiger partial charge in [-0.1, -0.05) is 36.4 Å². The third kappa shape index (κ3) is 7.32. The molecule has 3 aromatic carbocycles. The van der Waals surface area contributed by atoms with Crippen molar-refractivity contribution in [3.05, 3.63) is 83.4 Å². The number of hydrogen-bond acceptors (Lipinski definition) is 5. The Kier molecular flexibility index (Phi) is 9.14. The van der Waals surface area contributed by atoms with E-state index in [-0.39, 0.29) is 37.3 Å². The van der Waals surface area contributed by atoms with Crippen molar-refractivity contribution in [2.45, 2.75) is 26.0 Å². The van der Waals surface area contributed by atoms with E-state index in [0.29, 0.717) is 16.9 Å². The number of piperidine rings is 1. The highest BCUT2D eigenvalue weighted by atomic mass is 19.2. The molecule has 9 heteroatoms. The van der Waals surface area contributed by atoms with E-state index in [1.807, 2.05) is 31.3 Å². The van der Waals surface area contributed by atoms with E-state index in [1.165, 1.54) is 12.0 Å². The maximum atomic E-state index is 13.8. The Hall–Kier alpha value is -3.98. The molecule has 0 bridgehead atoms. The molecule has 1 aliphatic rings. The molecular weight excluding hydrogens is 506 g/mol. The normalized spacial score (nSPS) is 14.2. The molecule has 39 heavy (non-hydrogen) atoms. The number of carbonyl (C=O) groups excluding carboxylic acids is 1. The number of amides is 1. The van der Waals surface area contributed by atoms with E-state index in [1.54, 1.807) is 24.3 Å². The monoisotopic (exact) mass is 538 g/mol. The number of benzene rings is 3. The van der Waals surface area contributed by atoms with E-state index in [2.05, 4.69) is 4.90 Å². The smallest absolute Gasteiger partial charge is 0.323 e. The topological polar surface area (TPSA) is 79.3 Å². The fourth-order valence-corrected chi connectivity index (χ4v) is 4.75. The molecule has 1 aliphatic heterocycles. The first kappa shape index (κ1) is 28.0. The summed E-state index contributed by atoms with van der Waals surface area (Å²) in [6.45, 7) is 1.75. The van der Waals surface area contributed by atoms with Crippen LogP contribution in [0.1, 0.15) is 24.0 Å². The van der Waals surface area contributed by atoms with Gasteiger partial charge in [0.15, 0.2) is 11.6 Å². The van der Waals surface area contributed by atoms with Crippen molar-refractivity contribution in [3.63, 3.8) is 0 Å². The number of rotatable bonds is 10. The van der Waals surface area contributed by atoms with Crippen LogP contribution in [0.3, 0.4) is 0 Å². The summed E-state index contributed by atoms with van der Waals surface area (Å²) in [6, 6.07) is 16.6. The summed E-state index contributed by atoms with van der Waals surface area (Å²) in [5.41, 5.74) is 2.75. The van der Waals surface area contributed by atoms with Gasteiger partial charge in [-0.05, 0) is 67.9 Å². The molecule has 1 heterocycles. The molecule has 0 atom stereocenters. The van der Waals surface area contributed by atoms with Crippen LogP contribution in [0.15, 0.2) is 60.7 Å². The van der Waals surface area contributed by atoms with Crippen molar-refractivity contribution in [1.82, 2.24) is 9.80 Å². The summed E-state index contributed by atoms with van der Waals surface area (Å²) in [6.07, 6.45) is 1.45. The van der Waals surface area contributed by atoms with E-state index in [4.69, 9.17) is 9.47 Å². The number of carboxylic acids is 1. The molecule has 1 fully saturated rings. The van der Waals surface area contributed by atoms with Crippen molar-refractivity contribution in [2.24, 2.45) is 5.92 Å². The van der Waals surface area contributed by atoms with Crippen LogP contribution in [0.25, 0.3) is 11.1 Å². The number of carboxylic acid groups (broad SMARTS) is 1. The molecule has 1 saturated heterocycles. The number of nitrogens with zero attached hydrogens (tertiary/aromatic N) is 2. The predicted octanol–water partition coefficient (Wildman–Crippen LogP) is 4.97. The van der Waals surface area contributed by atoms with Gasteiger partial charge in [-0.25, -0.2) is 8.78 Å². The third-order valence-electron chi connectivity index (χ3n) is 6.88. The van der Waals surface area contributed by atoms with Crippen LogP contribution in [0.5, 0.6) is 11.5 Å². The highest BCUT2D eigenvalue weighted by Crippen LogP contribution is 2.33. The van der Waals surface area contributed by atoms with Gasteiger partial charge in [0.25, 0.3) is 0 Å². The van der Waals surface area contributed by atoms with Crippen LogP contribution in [0, 0.1) is 17.6 Å². The zero-order valence-corrected chi connectivity index (χ0v) is 22.0. The Morgan fingerprint density at radius 2 is 1.67 bits per heavy atom. The zero-order chi connectivity index (χ0) is 27.9. The molecule has 0 aliphatic carbocycles. The molecule has 0 spiro atoms. The highest BCUT2D eigenvalue weighted by molar-refractivity contribution is 5.83. The molecule has 206 valence electrons. The second-order valence-electron chi connectivity index (χ2n) is 9.77. The lowest BCUT2D eigenvalue weighted by Gasteiger charge is -2.32. The number of halogens is 2. The second-order valence-corrected chi connectivity index (χ2v) is 9.77. The standard InChI is InChI=1S/C30H32F2N2O5/c1-33-12-10-23(11-13-33)30(37)34(18-29(35)36)17-20-4-3-5-21(14-20)19-39-24-8-6-22(7-9-24)25-15-26(31)27(32)16-28(25)38-2/h3-9,14-16,23H,10-13,17-19H2,1-2H3,(H,35,36). The molecular formula is C30H32F2N2O5. The van der Waals surface area contributed by atoms with Gasteiger partial charge in [-0.15, -0.1) is 0 Å². The minimum atomic E-state index is -1.04. The average molecular weight is 539 g/mol. The fraction of sp³-hybridized carbons (Fsp3) is 0.333. The van der Waals surface area contributed by atoms with Crippen molar-refractivity contribution >= 4 is 11.9 Å². The van der Waals surface area contributed by atoms with Crippen molar-refractivity contribution in [1.29, 1.82) is 0 Å². The summed E-state index contributed by atoms with van der Waals surface area (Å²) in [4.78, 5) is 28.2. The Morgan fingerprint density at radius 3 is 2.33 bits per heavy atom. The average Bonchev–Trinajstić information content (AvgIpc) is 2.93. The molecule has 0 unspecified atom stereocenters. The van der Waals surface area contributed by atoms with Crippen LogP contribution in [0.4, 0.5) is 8.78 Å². The molecule has 1 amide bonds. The molecule has 0 radical (unpaired) electrons. The van der Waals surface area contributed by atoms with Crippen molar-refractivity contribution < 1.29 is 33.0 Å². The van der Waals surface area contributed by atoms with Crippen LogP contribution in [0.2, 0.25) is 0 Å². The maximum Gasteiger partial charge on any atom is 0.323 e. The largest absolute Gasteiger partial charge is 0.496 e. The first-order valence-corrected chi connectivity index (χ1v) is 12.8. The minimum absolute atomic E-state index is 0.120. The number of carbonyl (C=O) groups is 2. The summed E-state index contributed by atoms with van der Waals surface area (Å²) in [5, 5.41) is 9.40. The van der Waals surface area contributed by atoms with Gasteiger partial charge >= 0.3 is 5.97 Å². The fourth-order valence-electron chi connectivity index (χ4n) is 4.75. The summed E-state index contributed by atoms with van der Waals surface area (Å²) >= 11 is 0. The van der Waals surface area contributed by atoms with E-state index >= 15 is 0 Å². The summed E-state index contributed by atoms with van der Waals surface area (Å²) in [7, 11) is 3.41. The van der Waals surface area contributed by atoms with Crippen LogP contribution in [-0.2, 0) is 22.7 Å². The van der Waals surface area contributed by atoms with Gasteiger partial charge in [0.1, 0.15) is 24.7 Å². The quantitative estimate of drug-likeness (QED) is 0.393. The molecule has 4 rings (SSSR count). The number of likely N-dealkylation sites (tertiary alicyclic amines) is 1. The summed E-state index contributed by atoms with van der Waals surface area (Å²) in [5.74, 6) is -2.45. The lowest BCUT2D eigenvalue weighted by atomic mass is 9.95. The van der Waals surface area contributed by atoms with Crippen LogP contribution >= 0.6 is 0 Å². The SMILES string of the molecule is COc1cc(F)c(F)cc1-c1ccc(OCc2cccc(CN(CC(=O)O)C(=O)C3CCN(C)CC3)c2)cc1. The second kappa shape index (κ2) is 12.7. The lowest BCUT2D eigenvalue weighted by molar-refractivity contribution is -0.147. The molecule has 3 aromatic rings. The molecule has 0 aromatic heterocycles. The molecule has 0 saturated carbocycles. The minimum Gasteiger partial charge on any atom is -0.496 e. The number of methoxy groups -OCH3 is 1. The summed E-state index contributed by atoms with van der Waals surface area (Å²) < 4.78 is 38.4. The number of hydrogen-bond donors (Lipinski definition) is 1. The Morgan fingerprint density at radius 1 is 1.00 bits per heavy atom. The third-order valence-corrected chi connectivity index (χ3v) is 6.88. The first-order valence-electron chi connectivity index (χ1n) is 12.8. The maximum absolute atomic E-state index is 13.8. The molecule has 7 nitrogen and oxygen atoms in total. The van der Waals surface area contributed by atoms with Gasteiger partial charge < -0.3 is 24.4 Å². The number of aliphatic carboxylic acids is 1. The predicted molar refractivity (Wildman–Crippen MR) is 142 cm³/mol. The van der Waals surface area contributed by atoms with Gasteiger partial charge in [-0.2, -0.15) is 0 Å². The van der Waals surface area contributed by atoms with Crippen LogP contribution in [-0.4, -0.2) is 60.6 Å². The first-order chi connectivity index (χ1) is 18.7. The van der Waals surface area contributed by atoms with Crippen LogP contribution < -0.4 is 9.47 Å². The van der Waals surface area contributed by atoms with Gasteiger partial charge in [0.05, 0.1) is 7.11 Å². The lowest BCUT2D eigenvalue weighted by Crippen LogP contribution is -2.43. The molecule has 1 N–H and O–H groups in total. The zero-order valence-electron chi connectivity index (χ0n) is 22.0. The van der Waals surface area contributed by atoms with Crippen molar-refractivity contribution in [3.8, 4) is 22.6 Å².